The highest BCUT2D eigenvalue weighted by molar-refractivity contribution is 9.10. The molecule has 1 aromatic heterocycles. The van der Waals surface area contributed by atoms with Crippen molar-refractivity contribution in [1.29, 1.82) is 0 Å². The van der Waals surface area contributed by atoms with Gasteiger partial charge >= 0.3 is 0 Å². The van der Waals surface area contributed by atoms with E-state index in [1.165, 1.54) is 6.20 Å². The molecule has 0 spiro atoms. The number of carbonyl (C=O) groups excluding carboxylic acids is 1. The molecule has 0 bridgehead atoms. The van der Waals surface area contributed by atoms with Crippen LogP contribution < -0.4 is 4.74 Å². The molecule has 2 aromatic rings. The Balaban J connectivity index is 2.19. The Bertz CT molecular complexity index is 599. The smallest absolute Gasteiger partial charge is 0.180 e. The van der Waals surface area contributed by atoms with Crippen LogP contribution in [-0.2, 0) is 0 Å². The second kappa shape index (κ2) is 6.17. The summed E-state index contributed by atoms with van der Waals surface area (Å²) in [5.74, 6) is 1.08. The minimum atomic E-state index is 0.00652. The van der Waals surface area contributed by atoms with Crippen LogP contribution in [0.2, 0.25) is 5.02 Å². The quantitative estimate of drug-likeness (QED) is 0.744. The van der Waals surface area contributed by atoms with Crippen LogP contribution in [0.4, 0.5) is 0 Å². The molecule has 0 unspecified atom stereocenters. The first-order valence-electron chi connectivity index (χ1n) is 5.72. The van der Waals surface area contributed by atoms with Crippen LogP contribution in [0.3, 0.4) is 0 Å². The summed E-state index contributed by atoms with van der Waals surface area (Å²) in [6.07, 6.45) is 1.95. The van der Waals surface area contributed by atoms with Gasteiger partial charge in [-0.2, -0.15) is 0 Å². The molecule has 0 atom stereocenters. The molecule has 0 aliphatic heterocycles. The van der Waals surface area contributed by atoms with E-state index in [4.69, 9.17) is 16.3 Å². The normalized spacial score (nSPS) is 10.3. The van der Waals surface area contributed by atoms with Gasteiger partial charge in [0.25, 0.3) is 0 Å². The fourth-order valence-electron chi connectivity index (χ4n) is 1.47. The van der Waals surface area contributed by atoms with Crippen molar-refractivity contribution in [1.82, 2.24) is 4.98 Å². The van der Waals surface area contributed by atoms with Crippen molar-refractivity contribution in [3.8, 4) is 11.5 Å². The third-order valence-corrected chi connectivity index (χ3v) is 3.27. The van der Waals surface area contributed by atoms with Gasteiger partial charge in [-0.3, -0.25) is 4.79 Å². The second-order valence-corrected chi connectivity index (χ2v) is 5.16. The first kappa shape index (κ1) is 14.0. The molecule has 0 saturated carbocycles. The van der Waals surface area contributed by atoms with Crippen molar-refractivity contribution in [2.45, 2.75) is 13.3 Å². The Kier molecular flexibility index (Phi) is 4.56. The molecule has 5 heteroatoms. The van der Waals surface area contributed by atoms with E-state index in [0.29, 0.717) is 28.6 Å². The molecule has 0 aliphatic carbocycles. The van der Waals surface area contributed by atoms with Crippen molar-refractivity contribution >= 4 is 33.3 Å². The van der Waals surface area contributed by atoms with Crippen molar-refractivity contribution in [3.63, 3.8) is 0 Å². The van der Waals surface area contributed by atoms with Crippen LogP contribution in [0.5, 0.6) is 11.5 Å². The zero-order valence-corrected chi connectivity index (χ0v) is 12.5. The van der Waals surface area contributed by atoms with E-state index in [9.17, 15) is 4.79 Å². The summed E-state index contributed by atoms with van der Waals surface area (Å²) in [7, 11) is 0. The summed E-state index contributed by atoms with van der Waals surface area (Å²) >= 11 is 9.38. The third-order valence-electron chi connectivity index (χ3n) is 2.46. The second-order valence-electron chi connectivity index (χ2n) is 3.83. The van der Waals surface area contributed by atoms with Gasteiger partial charge in [-0.1, -0.05) is 34.5 Å². The maximum atomic E-state index is 11.5. The number of ketones is 1. The molecule has 0 radical (unpaired) electrons. The summed E-state index contributed by atoms with van der Waals surface area (Å²) in [4.78, 5) is 15.5. The van der Waals surface area contributed by atoms with Crippen LogP contribution in [0.15, 0.2) is 41.0 Å². The van der Waals surface area contributed by atoms with Crippen molar-refractivity contribution in [2.24, 2.45) is 0 Å². The summed E-state index contributed by atoms with van der Waals surface area (Å²) in [5, 5.41) is 0.511. The lowest BCUT2D eigenvalue weighted by molar-refractivity contribution is 0.0983. The molecular weight excluding hydrogens is 330 g/mol. The lowest BCUT2D eigenvalue weighted by atomic mass is 10.2. The highest BCUT2D eigenvalue weighted by Gasteiger charge is 2.07. The topological polar surface area (TPSA) is 39.2 Å². The summed E-state index contributed by atoms with van der Waals surface area (Å²) in [6, 6.07) is 8.69. The molecule has 0 saturated heterocycles. The van der Waals surface area contributed by atoms with Crippen LogP contribution in [0.1, 0.15) is 23.8 Å². The number of nitrogens with zero attached hydrogens (tertiary/aromatic N) is 1. The predicted octanol–water partition coefficient (Wildman–Crippen LogP) is 4.88. The Labute approximate surface area is 124 Å². The Morgan fingerprint density at radius 1 is 1.37 bits per heavy atom. The SMILES string of the molecule is CCC(=O)c1ccc(Oc2cc(Br)ccc2Cl)cn1. The number of carbonyl (C=O) groups is 1. The van der Waals surface area contributed by atoms with E-state index in [-0.39, 0.29) is 5.78 Å². The van der Waals surface area contributed by atoms with Crippen molar-refractivity contribution in [2.75, 3.05) is 0 Å². The highest BCUT2D eigenvalue weighted by Crippen LogP contribution is 2.31. The van der Waals surface area contributed by atoms with Gasteiger partial charge in [-0.05, 0) is 30.3 Å². The minimum absolute atomic E-state index is 0.00652. The zero-order chi connectivity index (χ0) is 13.8. The molecule has 19 heavy (non-hydrogen) atoms. The van der Waals surface area contributed by atoms with Crippen LogP contribution >= 0.6 is 27.5 Å². The number of halogens is 2. The Hall–Kier alpha value is -1.39. The monoisotopic (exact) mass is 339 g/mol. The highest BCUT2D eigenvalue weighted by atomic mass is 79.9. The van der Waals surface area contributed by atoms with Gasteiger partial charge in [0.2, 0.25) is 0 Å². The van der Waals surface area contributed by atoms with Crippen LogP contribution in [-0.4, -0.2) is 10.8 Å². The first-order chi connectivity index (χ1) is 9.10. The van der Waals surface area contributed by atoms with Gasteiger partial charge in [0, 0.05) is 10.9 Å². The van der Waals surface area contributed by atoms with Gasteiger partial charge in [0.15, 0.2) is 5.78 Å². The van der Waals surface area contributed by atoms with Crippen molar-refractivity contribution < 1.29 is 9.53 Å². The van der Waals surface area contributed by atoms with Gasteiger partial charge in [0.05, 0.1) is 11.2 Å². The number of ether oxygens (including phenoxy) is 1. The fourth-order valence-corrected chi connectivity index (χ4v) is 1.97. The Morgan fingerprint density at radius 3 is 2.79 bits per heavy atom. The maximum Gasteiger partial charge on any atom is 0.180 e. The number of hydrogen-bond acceptors (Lipinski definition) is 3. The van der Waals surface area contributed by atoms with E-state index in [1.807, 2.05) is 6.07 Å². The standard InChI is InChI=1S/C14H11BrClNO2/c1-2-13(18)12-6-4-10(8-17-12)19-14-7-9(15)3-5-11(14)16/h3-8H,2H2,1H3. The van der Waals surface area contributed by atoms with E-state index < -0.39 is 0 Å². The molecular formula is C14H11BrClNO2. The molecule has 98 valence electrons. The van der Waals surface area contributed by atoms with Crippen molar-refractivity contribution in [3.05, 3.63) is 51.7 Å². The summed E-state index contributed by atoms with van der Waals surface area (Å²) < 4.78 is 6.50. The van der Waals surface area contributed by atoms with Crippen LogP contribution in [0, 0.1) is 0 Å². The van der Waals surface area contributed by atoms with E-state index in [1.54, 1.807) is 31.2 Å². The molecule has 1 heterocycles. The summed E-state index contributed by atoms with van der Waals surface area (Å²) in [5.41, 5.74) is 0.440. The number of benzene rings is 1. The molecule has 0 amide bonds. The molecule has 0 aliphatic rings. The fraction of sp³-hybridized carbons (Fsp3) is 0.143. The van der Waals surface area contributed by atoms with Gasteiger partial charge in [-0.15, -0.1) is 0 Å². The van der Waals surface area contributed by atoms with E-state index in [0.717, 1.165) is 4.47 Å². The average Bonchev–Trinajstić information content (AvgIpc) is 2.43. The van der Waals surface area contributed by atoms with Gasteiger partial charge < -0.3 is 4.74 Å². The van der Waals surface area contributed by atoms with Crippen LogP contribution in [0.25, 0.3) is 0 Å². The predicted molar refractivity (Wildman–Crippen MR) is 78.1 cm³/mol. The largest absolute Gasteiger partial charge is 0.454 e. The first-order valence-corrected chi connectivity index (χ1v) is 6.89. The third kappa shape index (κ3) is 3.55. The van der Waals surface area contributed by atoms with E-state index >= 15 is 0 Å². The summed E-state index contributed by atoms with van der Waals surface area (Å²) in [6.45, 7) is 1.80. The van der Waals surface area contributed by atoms with E-state index in [2.05, 4.69) is 20.9 Å². The zero-order valence-electron chi connectivity index (χ0n) is 10.2. The lowest BCUT2D eigenvalue weighted by Gasteiger charge is -2.08. The minimum Gasteiger partial charge on any atom is -0.454 e. The molecule has 0 fully saturated rings. The number of pyridine rings is 1. The number of Topliss-reactive ketones (excluding diaryl/α,β-unsaturated/α-hetero) is 1. The molecule has 0 N–H and O–H groups in total. The Morgan fingerprint density at radius 2 is 2.16 bits per heavy atom. The average molecular weight is 341 g/mol. The molecule has 2 rings (SSSR count). The molecule has 1 aromatic carbocycles. The number of rotatable bonds is 4. The number of hydrogen-bond donors (Lipinski definition) is 0. The lowest BCUT2D eigenvalue weighted by Crippen LogP contribution is -1.99. The number of aromatic nitrogens is 1. The molecule has 3 nitrogen and oxygen atoms in total. The van der Waals surface area contributed by atoms with Gasteiger partial charge in [0.1, 0.15) is 17.2 Å². The van der Waals surface area contributed by atoms with Gasteiger partial charge in [-0.25, -0.2) is 4.98 Å². The maximum absolute atomic E-state index is 11.5.